The van der Waals surface area contributed by atoms with Gasteiger partial charge in [-0.15, -0.1) is 11.3 Å². The lowest BCUT2D eigenvalue weighted by Gasteiger charge is -2.32. The Hall–Kier alpha value is -2.34. The number of ether oxygens (including phenoxy) is 1. The van der Waals surface area contributed by atoms with Crippen LogP contribution in [0.4, 0.5) is 0 Å². The van der Waals surface area contributed by atoms with E-state index in [0.29, 0.717) is 24.9 Å². The molecule has 0 saturated carbocycles. The molecular weight excluding hydrogens is 408 g/mol. The maximum Gasteiger partial charge on any atom is 0.253 e. The van der Waals surface area contributed by atoms with Crippen LogP contribution < -0.4 is 4.74 Å². The number of piperidine rings is 2. The Bertz CT molecular complexity index is 857. The molecule has 0 N–H and O–H groups in total. The predicted octanol–water partition coefficient (Wildman–Crippen LogP) is 4.48. The molecule has 2 fully saturated rings. The van der Waals surface area contributed by atoms with Crippen LogP contribution in [0.15, 0.2) is 41.8 Å². The second kappa shape index (κ2) is 10.3. The van der Waals surface area contributed by atoms with Gasteiger partial charge in [-0.2, -0.15) is 0 Å². The van der Waals surface area contributed by atoms with Gasteiger partial charge in [-0.25, -0.2) is 0 Å². The largest absolute Gasteiger partial charge is 0.493 e. The number of nitrogens with zero attached hydrogens (tertiary/aromatic N) is 2. The maximum absolute atomic E-state index is 12.7. The Labute approximate surface area is 189 Å². The number of amides is 2. The highest BCUT2D eigenvalue weighted by Crippen LogP contribution is 2.22. The van der Waals surface area contributed by atoms with Gasteiger partial charge in [0.15, 0.2) is 0 Å². The van der Waals surface area contributed by atoms with Crippen molar-refractivity contribution in [2.45, 2.75) is 39.0 Å². The summed E-state index contributed by atoms with van der Waals surface area (Å²) in [5.41, 5.74) is 0.727. The standard InChI is InChI=1S/C25H32N2O3S/c1-19-10-13-26(14-11-19)25(29)21-6-8-22(9-7-21)30-18-20-4-2-12-27(17-20)24(28)16-23-5-3-15-31-23/h3,5-9,15,19-20H,2,4,10-14,16-18H2,1H3/t20-/m0/s1. The van der Waals surface area contributed by atoms with E-state index in [2.05, 4.69) is 6.92 Å². The lowest BCUT2D eigenvalue weighted by atomic mass is 9.98. The number of benzene rings is 1. The highest BCUT2D eigenvalue weighted by atomic mass is 32.1. The summed E-state index contributed by atoms with van der Waals surface area (Å²) in [5.74, 6) is 2.16. The minimum Gasteiger partial charge on any atom is -0.493 e. The molecule has 2 aromatic rings. The van der Waals surface area contributed by atoms with Crippen LogP contribution in [0.25, 0.3) is 0 Å². The van der Waals surface area contributed by atoms with Gasteiger partial charge in [0.25, 0.3) is 5.91 Å². The number of hydrogen-bond donors (Lipinski definition) is 0. The fraction of sp³-hybridized carbons (Fsp3) is 0.520. The molecule has 1 aromatic heterocycles. The van der Waals surface area contributed by atoms with E-state index in [1.54, 1.807) is 11.3 Å². The molecule has 2 saturated heterocycles. The fourth-order valence-corrected chi connectivity index (χ4v) is 5.10. The molecule has 2 amide bonds. The zero-order chi connectivity index (χ0) is 21.6. The van der Waals surface area contributed by atoms with Crippen LogP contribution in [-0.4, -0.2) is 54.4 Å². The summed E-state index contributed by atoms with van der Waals surface area (Å²) in [6.07, 6.45) is 4.76. The van der Waals surface area contributed by atoms with Gasteiger partial charge in [-0.05, 0) is 67.3 Å². The molecule has 5 nitrogen and oxygen atoms in total. The molecule has 31 heavy (non-hydrogen) atoms. The molecule has 3 heterocycles. The molecule has 1 atom stereocenters. The van der Waals surface area contributed by atoms with Gasteiger partial charge >= 0.3 is 0 Å². The van der Waals surface area contributed by atoms with Crippen molar-refractivity contribution in [2.75, 3.05) is 32.8 Å². The van der Waals surface area contributed by atoms with E-state index >= 15 is 0 Å². The Morgan fingerprint density at radius 2 is 1.81 bits per heavy atom. The smallest absolute Gasteiger partial charge is 0.253 e. The molecule has 0 spiro atoms. The van der Waals surface area contributed by atoms with Crippen LogP contribution in [-0.2, 0) is 11.2 Å². The fourth-order valence-electron chi connectivity index (χ4n) is 4.40. The van der Waals surface area contributed by atoms with Gasteiger partial charge in [0.05, 0.1) is 13.0 Å². The first-order valence-electron chi connectivity index (χ1n) is 11.4. The van der Waals surface area contributed by atoms with E-state index in [4.69, 9.17) is 4.74 Å². The third kappa shape index (κ3) is 5.88. The van der Waals surface area contributed by atoms with Crippen LogP contribution in [0.1, 0.15) is 47.8 Å². The minimum absolute atomic E-state index is 0.116. The topological polar surface area (TPSA) is 49.9 Å². The third-order valence-electron chi connectivity index (χ3n) is 6.44. The third-order valence-corrected chi connectivity index (χ3v) is 7.31. The number of likely N-dealkylation sites (tertiary alicyclic amines) is 2. The molecule has 0 radical (unpaired) electrons. The molecular formula is C25H32N2O3S. The second-order valence-corrected chi connectivity index (χ2v) is 9.95. The van der Waals surface area contributed by atoms with Crippen LogP contribution in [0.3, 0.4) is 0 Å². The molecule has 0 unspecified atom stereocenters. The zero-order valence-corrected chi connectivity index (χ0v) is 19.1. The van der Waals surface area contributed by atoms with Gasteiger partial charge in [0.1, 0.15) is 5.75 Å². The van der Waals surface area contributed by atoms with Crippen molar-refractivity contribution in [3.8, 4) is 5.75 Å². The van der Waals surface area contributed by atoms with Crippen LogP contribution in [0, 0.1) is 11.8 Å². The average Bonchev–Trinajstić information content (AvgIpc) is 3.31. The normalized spacial score (nSPS) is 20.0. The molecule has 166 valence electrons. The summed E-state index contributed by atoms with van der Waals surface area (Å²) in [7, 11) is 0. The predicted molar refractivity (Wildman–Crippen MR) is 124 cm³/mol. The van der Waals surface area contributed by atoms with E-state index in [1.807, 2.05) is 51.6 Å². The van der Waals surface area contributed by atoms with Gasteiger partial charge in [0, 0.05) is 42.5 Å². The van der Waals surface area contributed by atoms with Crippen molar-refractivity contribution in [2.24, 2.45) is 11.8 Å². The first-order chi connectivity index (χ1) is 15.1. The number of hydrogen-bond acceptors (Lipinski definition) is 4. The van der Waals surface area contributed by atoms with Crippen molar-refractivity contribution in [1.82, 2.24) is 9.80 Å². The van der Waals surface area contributed by atoms with Crippen LogP contribution in [0.5, 0.6) is 5.75 Å². The van der Waals surface area contributed by atoms with Crippen LogP contribution in [0.2, 0.25) is 0 Å². The van der Waals surface area contributed by atoms with E-state index < -0.39 is 0 Å². The number of carbonyl (C=O) groups excluding carboxylic acids is 2. The molecule has 2 aliphatic heterocycles. The van der Waals surface area contributed by atoms with Crippen LogP contribution >= 0.6 is 11.3 Å². The Morgan fingerprint density at radius 3 is 2.52 bits per heavy atom. The van der Waals surface area contributed by atoms with Gasteiger partial charge < -0.3 is 14.5 Å². The summed E-state index contributed by atoms with van der Waals surface area (Å²) < 4.78 is 6.01. The molecule has 4 rings (SSSR count). The van der Waals surface area contributed by atoms with Crippen molar-refractivity contribution in [1.29, 1.82) is 0 Å². The number of rotatable bonds is 6. The summed E-state index contributed by atoms with van der Waals surface area (Å²) in [6.45, 7) is 6.14. The molecule has 6 heteroatoms. The molecule has 1 aromatic carbocycles. The lowest BCUT2D eigenvalue weighted by molar-refractivity contribution is -0.132. The van der Waals surface area contributed by atoms with E-state index in [1.165, 1.54) is 0 Å². The number of thiophene rings is 1. The minimum atomic E-state index is 0.116. The zero-order valence-electron chi connectivity index (χ0n) is 18.3. The summed E-state index contributed by atoms with van der Waals surface area (Å²) in [5, 5.41) is 2.02. The van der Waals surface area contributed by atoms with Gasteiger partial charge in [-0.3, -0.25) is 9.59 Å². The van der Waals surface area contributed by atoms with E-state index in [0.717, 1.165) is 68.1 Å². The SMILES string of the molecule is CC1CCN(C(=O)c2ccc(OC[C@H]3CCCN(C(=O)Cc4cccs4)C3)cc2)CC1. The van der Waals surface area contributed by atoms with Gasteiger partial charge in [-0.1, -0.05) is 13.0 Å². The Kier molecular flexibility index (Phi) is 7.28. The van der Waals surface area contributed by atoms with Crippen molar-refractivity contribution >= 4 is 23.2 Å². The van der Waals surface area contributed by atoms with Crippen molar-refractivity contribution in [3.05, 3.63) is 52.2 Å². The molecule has 0 aliphatic carbocycles. The highest BCUT2D eigenvalue weighted by molar-refractivity contribution is 7.10. The van der Waals surface area contributed by atoms with E-state index in [9.17, 15) is 9.59 Å². The molecule has 0 bridgehead atoms. The number of carbonyl (C=O) groups is 2. The lowest BCUT2D eigenvalue weighted by Crippen LogP contribution is -2.42. The summed E-state index contributed by atoms with van der Waals surface area (Å²) in [4.78, 5) is 30.3. The van der Waals surface area contributed by atoms with E-state index in [-0.39, 0.29) is 11.8 Å². The summed E-state index contributed by atoms with van der Waals surface area (Å²) >= 11 is 1.64. The quantitative estimate of drug-likeness (QED) is 0.665. The average molecular weight is 441 g/mol. The molecule has 2 aliphatic rings. The van der Waals surface area contributed by atoms with Crippen molar-refractivity contribution in [3.63, 3.8) is 0 Å². The first-order valence-corrected chi connectivity index (χ1v) is 12.3. The van der Waals surface area contributed by atoms with Gasteiger partial charge in [0.2, 0.25) is 5.91 Å². The Morgan fingerprint density at radius 1 is 1.03 bits per heavy atom. The monoisotopic (exact) mass is 440 g/mol. The second-order valence-electron chi connectivity index (χ2n) is 8.91. The Balaban J connectivity index is 1.25. The highest BCUT2D eigenvalue weighted by Gasteiger charge is 2.25. The first kappa shape index (κ1) is 21.9. The van der Waals surface area contributed by atoms with Crippen molar-refractivity contribution < 1.29 is 14.3 Å². The maximum atomic E-state index is 12.7. The summed E-state index contributed by atoms with van der Waals surface area (Å²) in [6, 6.07) is 11.5.